The Kier molecular flexibility index (Phi) is 6.47. The van der Waals surface area contributed by atoms with Gasteiger partial charge >= 0.3 is 5.97 Å². The highest BCUT2D eigenvalue weighted by molar-refractivity contribution is 6.23. The lowest BCUT2D eigenvalue weighted by Crippen LogP contribution is -2.30. The number of unbranched alkanes of at least 4 members (excludes halogenated alkanes) is 2. The second kappa shape index (κ2) is 9.25. The van der Waals surface area contributed by atoms with Crippen LogP contribution in [0.2, 0.25) is 0 Å². The lowest BCUT2D eigenvalue weighted by molar-refractivity contribution is -0.385. The van der Waals surface area contributed by atoms with Crippen LogP contribution in [0.15, 0.2) is 36.4 Å². The molecule has 0 saturated heterocycles. The van der Waals surface area contributed by atoms with E-state index in [4.69, 9.17) is 5.11 Å². The monoisotopic (exact) mass is 441 g/mol. The number of aromatic hydroxyl groups is 1. The molecule has 2 aromatic carbocycles. The van der Waals surface area contributed by atoms with Crippen molar-refractivity contribution in [1.82, 2.24) is 4.90 Å². The van der Waals surface area contributed by atoms with Crippen molar-refractivity contribution in [2.45, 2.75) is 25.7 Å². The Hall–Kier alpha value is -4.28. The van der Waals surface area contributed by atoms with Gasteiger partial charge in [-0.05, 0) is 37.1 Å². The molecule has 11 heteroatoms. The summed E-state index contributed by atoms with van der Waals surface area (Å²) in [6.45, 7) is 0.0720. The summed E-state index contributed by atoms with van der Waals surface area (Å²) in [5, 5.41) is 32.3. The van der Waals surface area contributed by atoms with Crippen molar-refractivity contribution in [1.29, 1.82) is 0 Å². The number of carbonyl (C=O) groups excluding carboxylic acids is 3. The number of phenolic OH excluding ortho intramolecular Hbond substituents is 1. The van der Waals surface area contributed by atoms with E-state index < -0.39 is 28.4 Å². The number of benzene rings is 2. The van der Waals surface area contributed by atoms with Crippen LogP contribution in [0, 0.1) is 10.1 Å². The van der Waals surface area contributed by atoms with Crippen molar-refractivity contribution in [2.75, 3.05) is 11.9 Å². The van der Waals surface area contributed by atoms with Crippen molar-refractivity contribution in [3.05, 3.63) is 63.2 Å². The number of carboxylic acid groups (broad SMARTS) is 1. The molecule has 0 bridgehead atoms. The number of aromatic carboxylic acids is 1. The topological polar surface area (TPSA) is 167 Å². The molecule has 3 N–H and O–H groups in total. The van der Waals surface area contributed by atoms with E-state index in [1.807, 2.05) is 0 Å². The highest BCUT2D eigenvalue weighted by atomic mass is 16.6. The number of nitro benzene ring substituents is 1. The first-order valence-electron chi connectivity index (χ1n) is 9.70. The average molecular weight is 441 g/mol. The molecular formula is C21H19N3O8. The molecule has 0 aliphatic carbocycles. The number of carbonyl (C=O) groups is 4. The highest BCUT2D eigenvalue weighted by Gasteiger charge is 2.40. The van der Waals surface area contributed by atoms with Crippen molar-refractivity contribution in [3.8, 4) is 5.75 Å². The summed E-state index contributed by atoms with van der Waals surface area (Å²) in [5.74, 6) is -3.23. The molecule has 0 saturated carbocycles. The van der Waals surface area contributed by atoms with Gasteiger partial charge in [-0.25, -0.2) is 4.79 Å². The fourth-order valence-corrected chi connectivity index (χ4v) is 3.39. The zero-order valence-corrected chi connectivity index (χ0v) is 16.7. The molecule has 1 aliphatic heterocycles. The van der Waals surface area contributed by atoms with Gasteiger partial charge in [0.2, 0.25) is 5.91 Å². The van der Waals surface area contributed by atoms with E-state index in [-0.39, 0.29) is 47.0 Å². The third kappa shape index (κ3) is 4.56. The number of anilines is 1. The molecule has 0 atom stereocenters. The smallest absolute Gasteiger partial charge is 0.335 e. The molecule has 1 heterocycles. The maximum absolute atomic E-state index is 12.5. The van der Waals surface area contributed by atoms with Crippen LogP contribution in [0.4, 0.5) is 11.4 Å². The number of carboxylic acids is 1. The molecule has 0 aromatic heterocycles. The van der Waals surface area contributed by atoms with E-state index in [0.29, 0.717) is 19.3 Å². The van der Waals surface area contributed by atoms with E-state index in [2.05, 4.69) is 5.32 Å². The van der Waals surface area contributed by atoms with Gasteiger partial charge in [0.15, 0.2) is 0 Å². The summed E-state index contributed by atoms with van der Waals surface area (Å²) in [6, 6.07) is 7.49. The third-order valence-electron chi connectivity index (χ3n) is 4.98. The first kappa shape index (κ1) is 22.4. The standard InChI is InChI=1S/C21H19N3O8/c25-16-11-12(21(29)30)8-9-14(16)22-17(26)7-2-1-3-10-23-19(27)13-5-4-6-15(24(31)32)18(13)20(23)28/h4-6,8-9,11,25H,1-3,7,10H2,(H,22,26)(H,29,30). The normalized spacial score (nSPS) is 12.6. The Morgan fingerprint density at radius 3 is 2.47 bits per heavy atom. The lowest BCUT2D eigenvalue weighted by Gasteiger charge is -2.13. The van der Waals surface area contributed by atoms with Gasteiger partial charge in [0.25, 0.3) is 17.5 Å². The molecule has 3 amide bonds. The van der Waals surface area contributed by atoms with Gasteiger partial charge in [0.1, 0.15) is 11.3 Å². The summed E-state index contributed by atoms with van der Waals surface area (Å²) in [4.78, 5) is 59.2. The highest BCUT2D eigenvalue weighted by Crippen LogP contribution is 2.31. The van der Waals surface area contributed by atoms with Crippen molar-refractivity contribution >= 4 is 35.1 Å². The molecule has 0 spiro atoms. The number of phenols is 1. The number of fused-ring (bicyclic) bond motifs is 1. The Morgan fingerprint density at radius 2 is 1.81 bits per heavy atom. The van der Waals surface area contributed by atoms with Crippen LogP contribution < -0.4 is 5.32 Å². The molecule has 32 heavy (non-hydrogen) atoms. The minimum Gasteiger partial charge on any atom is -0.506 e. The quantitative estimate of drug-likeness (QED) is 0.175. The average Bonchev–Trinajstić information content (AvgIpc) is 2.99. The summed E-state index contributed by atoms with van der Waals surface area (Å²) in [6.07, 6.45) is 1.45. The van der Waals surface area contributed by atoms with Crippen LogP contribution in [0.3, 0.4) is 0 Å². The van der Waals surface area contributed by atoms with E-state index in [1.165, 1.54) is 30.3 Å². The van der Waals surface area contributed by atoms with Crippen LogP contribution in [-0.4, -0.2) is 50.3 Å². The van der Waals surface area contributed by atoms with Gasteiger partial charge in [0, 0.05) is 19.0 Å². The number of nitrogens with zero attached hydrogens (tertiary/aromatic N) is 2. The first-order chi connectivity index (χ1) is 15.2. The zero-order valence-electron chi connectivity index (χ0n) is 16.7. The molecule has 2 aromatic rings. The molecule has 166 valence electrons. The molecule has 1 aliphatic rings. The van der Waals surface area contributed by atoms with Gasteiger partial charge in [-0.1, -0.05) is 12.5 Å². The van der Waals surface area contributed by atoms with Gasteiger partial charge in [-0.2, -0.15) is 0 Å². The van der Waals surface area contributed by atoms with Gasteiger partial charge in [-0.3, -0.25) is 29.4 Å². The molecular weight excluding hydrogens is 422 g/mol. The van der Waals surface area contributed by atoms with Crippen molar-refractivity contribution < 1.29 is 34.3 Å². The zero-order chi connectivity index (χ0) is 23.4. The Balaban J connectivity index is 1.47. The van der Waals surface area contributed by atoms with E-state index in [1.54, 1.807) is 0 Å². The minimum absolute atomic E-state index is 0.0114. The van der Waals surface area contributed by atoms with Crippen LogP contribution >= 0.6 is 0 Å². The Morgan fingerprint density at radius 1 is 1.06 bits per heavy atom. The number of amides is 3. The van der Waals surface area contributed by atoms with Crippen LogP contribution in [0.25, 0.3) is 0 Å². The summed E-state index contributed by atoms with van der Waals surface area (Å²) in [5.41, 5.74) is -0.612. The number of imide groups is 1. The number of nitrogens with one attached hydrogen (secondary N) is 1. The van der Waals surface area contributed by atoms with Gasteiger partial charge in [-0.15, -0.1) is 0 Å². The summed E-state index contributed by atoms with van der Waals surface area (Å²) >= 11 is 0. The van der Waals surface area contributed by atoms with Gasteiger partial charge in [0.05, 0.1) is 21.7 Å². The lowest BCUT2D eigenvalue weighted by atomic mass is 10.1. The third-order valence-corrected chi connectivity index (χ3v) is 4.98. The van der Waals surface area contributed by atoms with E-state index >= 15 is 0 Å². The fourth-order valence-electron chi connectivity index (χ4n) is 3.39. The molecule has 0 fully saturated rings. The molecule has 0 unspecified atom stereocenters. The predicted molar refractivity (Wildman–Crippen MR) is 111 cm³/mol. The minimum atomic E-state index is -1.20. The van der Waals surface area contributed by atoms with Crippen LogP contribution in [0.5, 0.6) is 5.75 Å². The largest absolute Gasteiger partial charge is 0.506 e. The number of nitro groups is 1. The number of hydrogen-bond donors (Lipinski definition) is 3. The fraction of sp³-hybridized carbons (Fsp3) is 0.238. The first-order valence-corrected chi connectivity index (χ1v) is 9.70. The van der Waals surface area contributed by atoms with E-state index in [9.17, 15) is 34.4 Å². The maximum Gasteiger partial charge on any atom is 0.335 e. The predicted octanol–water partition coefficient (Wildman–Crippen LogP) is 2.79. The Bertz CT molecular complexity index is 1130. The number of hydrogen-bond acceptors (Lipinski definition) is 7. The maximum atomic E-state index is 12.5. The summed E-state index contributed by atoms with van der Waals surface area (Å²) in [7, 11) is 0. The van der Waals surface area contributed by atoms with Crippen LogP contribution in [0.1, 0.15) is 56.8 Å². The Labute approximate surface area is 181 Å². The SMILES string of the molecule is O=C(CCCCCN1C(=O)c2cccc([N+](=O)[O-])c2C1=O)Nc1ccc(C(=O)O)cc1O. The number of rotatable bonds is 9. The molecule has 3 rings (SSSR count). The molecule has 11 nitrogen and oxygen atoms in total. The van der Waals surface area contributed by atoms with E-state index in [0.717, 1.165) is 11.0 Å². The molecule has 0 radical (unpaired) electrons. The van der Waals surface area contributed by atoms with Gasteiger partial charge < -0.3 is 15.5 Å². The van der Waals surface area contributed by atoms with Crippen LogP contribution in [-0.2, 0) is 4.79 Å². The summed E-state index contributed by atoms with van der Waals surface area (Å²) < 4.78 is 0. The van der Waals surface area contributed by atoms with Crippen molar-refractivity contribution in [2.24, 2.45) is 0 Å². The second-order valence-electron chi connectivity index (χ2n) is 7.11. The van der Waals surface area contributed by atoms with Crippen molar-refractivity contribution in [3.63, 3.8) is 0 Å². The second-order valence-corrected chi connectivity index (χ2v) is 7.11.